The normalized spacial score (nSPS) is 14.5. The smallest absolute Gasteiger partial charge is 0.278 e. The highest BCUT2D eigenvalue weighted by Crippen LogP contribution is 2.32. The van der Waals surface area contributed by atoms with Crippen LogP contribution in [0.4, 0.5) is 5.69 Å². The van der Waals surface area contributed by atoms with E-state index in [2.05, 4.69) is 26.1 Å². The largest absolute Gasteiger partial charge is 0.467 e. The van der Waals surface area contributed by atoms with E-state index in [0.717, 1.165) is 11.3 Å². The number of imide groups is 1. The van der Waals surface area contributed by atoms with Gasteiger partial charge in [0.1, 0.15) is 11.5 Å². The summed E-state index contributed by atoms with van der Waals surface area (Å²) in [6.07, 6.45) is 1.53. The maximum Gasteiger partial charge on any atom is 0.278 e. The van der Waals surface area contributed by atoms with E-state index in [1.165, 1.54) is 16.7 Å². The zero-order valence-electron chi connectivity index (χ0n) is 18.2. The molecular weight excluding hydrogens is 388 g/mol. The summed E-state index contributed by atoms with van der Waals surface area (Å²) in [5, 5.41) is 3.21. The van der Waals surface area contributed by atoms with Gasteiger partial charge in [-0.2, -0.15) is 0 Å². The third kappa shape index (κ3) is 4.17. The number of rotatable bonds is 5. The molecule has 0 aliphatic carbocycles. The van der Waals surface area contributed by atoms with Crippen molar-refractivity contribution in [2.45, 2.75) is 39.7 Å². The van der Waals surface area contributed by atoms with Crippen molar-refractivity contribution >= 4 is 23.1 Å². The van der Waals surface area contributed by atoms with Crippen LogP contribution in [-0.4, -0.2) is 16.7 Å². The van der Waals surface area contributed by atoms with E-state index in [0.29, 0.717) is 16.9 Å². The molecule has 1 aromatic heterocycles. The van der Waals surface area contributed by atoms with Gasteiger partial charge in [-0.25, -0.2) is 0 Å². The second-order valence-corrected chi connectivity index (χ2v) is 8.84. The van der Waals surface area contributed by atoms with Crippen LogP contribution in [0.5, 0.6) is 0 Å². The summed E-state index contributed by atoms with van der Waals surface area (Å²) >= 11 is 0. The van der Waals surface area contributed by atoms with Crippen molar-refractivity contribution < 1.29 is 14.0 Å². The van der Waals surface area contributed by atoms with Gasteiger partial charge in [-0.05, 0) is 47.7 Å². The van der Waals surface area contributed by atoms with Crippen molar-refractivity contribution in [3.8, 4) is 0 Å². The van der Waals surface area contributed by atoms with Gasteiger partial charge < -0.3 is 9.73 Å². The molecule has 1 N–H and O–H groups in total. The number of anilines is 1. The molecule has 2 heterocycles. The SMILES string of the molecule is Cc1ccc(C2=C(Nc3ccc(C(C)(C)C)cc3)C(=O)N(Cc3ccco3)C2=O)cc1. The summed E-state index contributed by atoms with van der Waals surface area (Å²) in [5.74, 6) is -0.142. The molecule has 2 aromatic carbocycles. The van der Waals surface area contributed by atoms with Crippen molar-refractivity contribution in [3.63, 3.8) is 0 Å². The van der Waals surface area contributed by atoms with Crippen LogP contribution < -0.4 is 5.32 Å². The Kier molecular flexibility index (Phi) is 5.27. The summed E-state index contributed by atoms with van der Waals surface area (Å²) in [7, 11) is 0. The Balaban J connectivity index is 1.71. The zero-order chi connectivity index (χ0) is 22.2. The highest BCUT2D eigenvalue weighted by molar-refractivity contribution is 6.36. The number of hydrogen-bond acceptors (Lipinski definition) is 4. The first-order chi connectivity index (χ1) is 14.7. The topological polar surface area (TPSA) is 62.6 Å². The van der Waals surface area contributed by atoms with Crippen molar-refractivity contribution in [3.05, 3.63) is 95.1 Å². The summed E-state index contributed by atoms with van der Waals surface area (Å²) in [6.45, 7) is 8.53. The lowest BCUT2D eigenvalue weighted by Gasteiger charge is -2.19. The fourth-order valence-electron chi connectivity index (χ4n) is 3.58. The average molecular weight is 415 g/mol. The molecule has 0 saturated heterocycles. The fraction of sp³-hybridized carbons (Fsp3) is 0.231. The summed E-state index contributed by atoms with van der Waals surface area (Å²) < 4.78 is 5.36. The van der Waals surface area contributed by atoms with Crippen LogP contribution >= 0.6 is 0 Å². The number of aryl methyl sites for hydroxylation is 1. The number of nitrogens with one attached hydrogen (secondary N) is 1. The van der Waals surface area contributed by atoms with Gasteiger partial charge in [0.15, 0.2) is 0 Å². The second kappa shape index (κ2) is 7.91. The number of furan rings is 1. The third-order valence-electron chi connectivity index (χ3n) is 5.42. The van der Waals surface area contributed by atoms with Gasteiger partial charge in [0.2, 0.25) is 0 Å². The molecule has 5 heteroatoms. The number of carbonyl (C=O) groups is 2. The maximum atomic E-state index is 13.3. The molecule has 5 nitrogen and oxygen atoms in total. The van der Waals surface area contributed by atoms with Crippen LogP contribution in [0.15, 0.2) is 77.0 Å². The molecule has 1 aliphatic heterocycles. The number of nitrogens with zero attached hydrogens (tertiary/aromatic N) is 1. The molecule has 0 fully saturated rings. The minimum Gasteiger partial charge on any atom is -0.467 e. The Morgan fingerprint density at radius 1 is 0.903 bits per heavy atom. The number of hydrogen-bond donors (Lipinski definition) is 1. The van der Waals surface area contributed by atoms with E-state index in [1.807, 2.05) is 55.5 Å². The molecule has 31 heavy (non-hydrogen) atoms. The molecule has 0 saturated carbocycles. The molecular formula is C26H26N2O3. The van der Waals surface area contributed by atoms with E-state index < -0.39 is 0 Å². The van der Waals surface area contributed by atoms with Crippen LogP contribution in [0.25, 0.3) is 5.57 Å². The number of benzene rings is 2. The van der Waals surface area contributed by atoms with Crippen molar-refractivity contribution in [1.82, 2.24) is 4.90 Å². The summed E-state index contributed by atoms with van der Waals surface area (Å²) in [6, 6.07) is 19.1. The Labute approximate surface area is 182 Å². The Morgan fingerprint density at radius 2 is 1.58 bits per heavy atom. The summed E-state index contributed by atoms with van der Waals surface area (Å²) in [4.78, 5) is 27.8. The molecule has 4 rings (SSSR count). The number of amides is 2. The fourth-order valence-corrected chi connectivity index (χ4v) is 3.58. The minimum absolute atomic E-state index is 0.0316. The molecule has 0 radical (unpaired) electrons. The first kappa shape index (κ1) is 20.7. The first-order valence-electron chi connectivity index (χ1n) is 10.3. The standard InChI is InChI=1S/C26H26N2O3/c1-17-7-9-18(10-8-17)22-23(27-20-13-11-19(12-14-20)26(2,3)4)25(30)28(24(22)29)16-21-6-5-15-31-21/h5-15,27H,16H2,1-4H3. The van der Waals surface area contributed by atoms with E-state index >= 15 is 0 Å². The zero-order valence-corrected chi connectivity index (χ0v) is 18.2. The molecule has 2 amide bonds. The van der Waals surface area contributed by atoms with Gasteiger partial charge in [0, 0.05) is 5.69 Å². The average Bonchev–Trinajstić information content (AvgIpc) is 3.32. The molecule has 0 spiro atoms. The Morgan fingerprint density at radius 3 is 2.16 bits per heavy atom. The monoisotopic (exact) mass is 414 g/mol. The molecule has 0 bridgehead atoms. The van der Waals surface area contributed by atoms with E-state index in [9.17, 15) is 9.59 Å². The van der Waals surface area contributed by atoms with Crippen LogP contribution in [0.3, 0.4) is 0 Å². The Hall–Kier alpha value is -3.60. The molecule has 0 atom stereocenters. The van der Waals surface area contributed by atoms with Gasteiger partial charge in [0.05, 0.1) is 18.4 Å². The molecule has 0 unspecified atom stereocenters. The lowest BCUT2D eigenvalue weighted by atomic mass is 9.87. The predicted octanol–water partition coefficient (Wildman–Crippen LogP) is 5.28. The number of carbonyl (C=O) groups excluding carboxylic acids is 2. The quantitative estimate of drug-likeness (QED) is 0.577. The maximum absolute atomic E-state index is 13.3. The predicted molar refractivity (Wildman–Crippen MR) is 121 cm³/mol. The van der Waals surface area contributed by atoms with E-state index in [-0.39, 0.29) is 29.5 Å². The van der Waals surface area contributed by atoms with Gasteiger partial charge in [-0.1, -0.05) is 62.7 Å². The highest BCUT2D eigenvalue weighted by atomic mass is 16.3. The second-order valence-electron chi connectivity index (χ2n) is 8.84. The van der Waals surface area contributed by atoms with Crippen LogP contribution in [0.1, 0.15) is 43.2 Å². The highest BCUT2D eigenvalue weighted by Gasteiger charge is 2.39. The van der Waals surface area contributed by atoms with Gasteiger partial charge >= 0.3 is 0 Å². The molecule has 3 aromatic rings. The van der Waals surface area contributed by atoms with Crippen LogP contribution in [0.2, 0.25) is 0 Å². The van der Waals surface area contributed by atoms with E-state index in [1.54, 1.807) is 12.1 Å². The van der Waals surface area contributed by atoms with Gasteiger partial charge in [-0.3, -0.25) is 14.5 Å². The molecule has 1 aliphatic rings. The first-order valence-corrected chi connectivity index (χ1v) is 10.3. The lowest BCUT2D eigenvalue weighted by molar-refractivity contribution is -0.137. The van der Waals surface area contributed by atoms with Crippen LogP contribution in [0, 0.1) is 6.92 Å². The van der Waals surface area contributed by atoms with Gasteiger partial charge in [0.25, 0.3) is 11.8 Å². The Bertz CT molecular complexity index is 1130. The van der Waals surface area contributed by atoms with E-state index in [4.69, 9.17) is 4.42 Å². The molecule has 158 valence electrons. The van der Waals surface area contributed by atoms with Crippen molar-refractivity contribution in [2.24, 2.45) is 0 Å². The van der Waals surface area contributed by atoms with Crippen molar-refractivity contribution in [2.75, 3.05) is 5.32 Å². The lowest BCUT2D eigenvalue weighted by Crippen LogP contribution is -2.31. The van der Waals surface area contributed by atoms with Crippen LogP contribution in [-0.2, 0) is 21.5 Å². The third-order valence-corrected chi connectivity index (χ3v) is 5.42. The summed E-state index contributed by atoms with van der Waals surface area (Å²) in [5.41, 5.74) is 4.43. The van der Waals surface area contributed by atoms with Crippen molar-refractivity contribution in [1.29, 1.82) is 0 Å². The minimum atomic E-state index is -0.364. The van der Waals surface area contributed by atoms with Gasteiger partial charge in [-0.15, -0.1) is 0 Å².